The Kier molecular flexibility index (Phi) is 3.85. The number of piperidine rings is 1. The minimum atomic E-state index is -0.366. The Bertz CT molecular complexity index is 394. The Labute approximate surface area is 104 Å². The molecule has 1 aliphatic heterocycles. The second-order valence-corrected chi connectivity index (χ2v) is 5.29. The molecule has 1 aliphatic rings. The van der Waals surface area contributed by atoms with Crippen LogP contribution >= 0.6 is 0 Å². The lowest BCUT2D eigenvalue weighted by Gasteiger charge is -2.29. The second-order valence-electron chi connectivity index (χ2n) is 5.29. The molecular weight excluding hydrogens is 210 g/mol. The SMILES string of the molecule is Cc1cc(C)c(C(O)C2CCCCN2)cc1C. The predicted molar refractivity (Wildman–Crippen MR) is 71.3 cm³/mol. The Morgan fingerprint density at radius 3 is 2.47 bits per heavy atom. The first-order chi connectivity index (χ1) is 8.09. The first-order valence-electron chi connectivity index (χ1n) is 6.59. The van der Waals surface area contributed by atoms with Gasteiger partial charge in [-0.05, 0) is 62.4 Å². The molecule has 0 amide bonds. The summed E-state index contributed by atoms with van der Waals surface area (Å²) in [5.41, 5.74) is 4.86. The number of hydrogen-bond acceptors (Lipinski definition) is 2. The topological polar surface area (TPSA) is 32.3 Å². The van der Waals surface area contributed by atoms with Crippen molar-refractivity contribution in [1.82, 2.24) is 5.32 Å². The number of aliphatic hydroxyl groups is 1. The smallest absolute Gasteiger partial charge is 0.0945 e. The van der Waals surface area contributed by atoms with Gasteiger partial charge in [-0.25, -0.2) is 0 Å². The number of nitrogens with one attached hydrogen (secondary N) is 1. The van der Waals surface area contributed by atoms with Crippen LogP contribution in [0.25, 0.3) is 0 Å². The number of benzene rings is 1. The fourth-order valence-corrected chi connectivity index (χ4v) is 2.67. The number of aliphatic hydroxyl groups excluding tert-OH is 1. The monoisotopic (exact) mass is 233 g/mol. The van der Waals surface area contributed by atoms with E-state index >= 15 is 0 Å². The van der Waals surface area contributed by atoms with Crippen LogP contribution in [0.3, 0.4) is 0 Å². The van der Waals surface area contributed by atoms with Gasteiger partial charge in [-0.3, -0.25) is 0 Å². The van der Waals surface area contributed by atoms with Gasteiger partial charge in [-0.2, -0.15) is 0 Å². The molecule has 0 saturated carbocycles. The van der Waals surface area contributed by atoms with Gasteiger partial charge in [-0.15, -0.1) is 0 Å². The minimum absolute atomic E-state index is 0.226. The van der Waals surface area contributed by atoms with E-state index in [1.807, 2.05) is 0 Å². The van der Waals surface area contributed by atoms with E-state index in [0.717, 1.165) is 18.5 Å². The van der Waals surface area contributed by atoms with Crippen LogP contribution in [0.2, 0.25) is 0 Å². The van der Waals surface area contributed by atoms with Gasteiger partial charge in [0.15, 0.2) is 0 Å². The van der Waals surface area contributed by atoms with E-state index in [-0.39, 0.29) is 12.1 Å². The summed E-state index contributed by atoms with van der Waals surface area (Å²) in [5.74, 6) is 0. The van der Waals surface area contributed by atoms with Crippen molar-refractivity contribution in [1.29, 1.82) is 0 Å². The summed E-state index contributed by atoms with van der Waals surface area (Å²) >= 11 is 0. The molecule has 2 heteroatoms. The van der Waals surface area contributed by atoms with Crippen LogP contribution < -0.4 is 5.32 Å². The quantitative estimate of drug-likeness (QED) is 0.823. The van der Waals surface area contributed by atoms with Crippen LogP contribution in [0, 0.1) is 20.8 Å². The maximum absolute atomic E-state index is 10.5. The normalized spacial score (nSPS) is 22.5. The summed E-state index contributed by atoms with van der Waals surface area (Å²) in [4.78, 5) is 0. The fourth-order valence-electron chi connectivity index (χ4n) is 2.67. The van der Waals surface area contributed by atoms with E-state index in [1.165, 1.54) is 29.5 Å². The summed E-state index contributed by atoms with van der Waals surface area (Å²) in [6, 6.07) is 4.55. The highest BCUT2D eigenvalue weighted by Gasteiger charge is 2.23. The van der Waals surface area contributed by atoms with Crippen molar-refractivity contribution in [2.45, 2.75) is 52.2 Å². The maximum Gasteiger partial charge on any atom is 0.0945 e. The van der Waals surface area contributed by atoms with E-state index in [9.17, 15) is 5.11 Å². The van der Waals surface area contributed by atoms with Gasteiger partial charge in [0.1, 0.15) is 0 Å². The minimum Gasteiger partial charge on any atom is -0.387 e. The zero-order valence-corrected chi connectivity index (χ0v) is 11.1. The molecule has 2 N–H and O–H groups in total. The van der Waals surface area contributed by atoms with Crippen LogP contribution in [-0.4, -0.2) is 17.7 Å². The van der Waals surface area contributed by atoms with E-state index in [0.29, 0.717) is 0 Å². The number of hydrogen-bond donors (Lipinski definition) is 2. The van der Waals surface area contributed by atoms with Gasteiger partial charge in [0.05, 0.1) is 6.10 Å². The molecule has 2 rings (SSSR count). The maximum atomic E-state index is 10.5. The molecule has 94 valence electrons. The van der Waals surface area contributed by atoms with Crippen molar-refractivity contribution >= 4 is 0 Å². The van der Waals surface area contributed by atoms with Crippen molar-refractivity contribution in [3.05, 3.63) is 34.4 Å². The summed E-state index contributed by atoms with van der Waals surface area (Å²) in [5, 5.41) is 13.9. The summed E-state index contributed by atoms with van der Waals surface area (Å²) in [7, 11) is 0. The standard InChI is InChI=1S/C15H23NO/c1-10-8-12(3)13(9-11(10)2)15(17)14-6-4-5-7-16-14/h8-9,14-17H,4-7H2,1-3H3. The van der Waals surface area contributed by atoms with Crippen molar-refractivity contribution in [2.75, 3.05) is 6.54 Å². The van der Waals surface area contributed by atoms with Crippen molar-refractivity contribution in [3.8, 4) is 0 Å². The molecule has 0 aliphatic carbocycles. The van der Waals surface area contributed by atoms with Gasteiger partial charge in [0.25, 0.3) is 0 Å². The zero-order valence-electron chi connectivity index (χ0n) is 11.1. The third kappa shape index (κ3) is 2.70. The lowest BCUT2D eigenvalue weighted by atomic mass is 9.90. The Morgan fingerprint density at radius 1 is 1.12 bits per heavy atom. The first kappa shape index (κ1) is 12.6. The average Bonchev–Trinajstić information content (AvgIpc) is 2.34. The highest BCUT2D eigenvalue weighted by molar-refractivity contribution is 5.38. The third-order valence-electron chi connectivity index (χ3n) is 3.93. The molecule has 1 aromatic carbocycles. The molecule has 0 spiro atoms. The molecule has 0 aromatic heterocycles. The molecule has 2 nitrogen and oxygen atoms in total. The van der Waals surface area contributed by atoms with Crippen molar-refractivity contribution in [3.63, 3.8) is 0 Å². The molecule has 1 heterocycles. The van der Waals surface area contributed by atoms with E-state index in [2.05, 4.69) is 38.2 Å². The van der Waals surface area contributed by atoms with Gasteiger partial charge in [-0.1, -0.05) is 18.6 Å². The average molecular weight is 233 g/mol. The molecular formula is C15H23NO. The molecule has 0 radical (unpaired) electrons. The number of aryl methyl sites for hydroxylation is 3. The van der Waals surface area contributed by atoms with Crippen molar-refractivity contribution in [2.24, 2.45) is 0 Å². The highest BCUT2D eigenvalue weighted by Crippen LogP contribution is 2.27. The Hall–Kier alpha value is -0.860. The summed E-state index contributed by atoms with van der Waals surface area (Å²) in [6.07, 6.45) is 3.16. The Balaban J connectivity index is 2.23. The van der Waals surface area contributed by atoms with Crippen LogP contribution in [0.1, 0.15) is 47.6 Å². The highest BCUT2D eigenvalue weighted by atomic mass is 16.3. The van der Waals surface area contributed by atoms with Gasteiger partial charge < -0.3 is 10.4 Å². The molecule has 1 saturated heterocycles. The van der Waals surface area contributed by atoms with Gasteiger partial charge in [0, 0.05) is 6.04 Å². The van der Waals surface area contributed by atoms with Gasteiger partial charge in [0.2, 0.25) is 0 Å². The first-order valence-corrected chi connectivity index (χ1v) is 6.59. The molecule has 17 heavy (non-hydrogen) atoms. The largest absolute Gasteiger partial charge is 0.387 e. The van der Waals surface area contributed by atoms with Crippen molar-refractivity contribution < 1.29 is 5.11 Å². The second kappa shape index (κ2) is 5.19. The third-order valence-corrected chi connectivity index (χ3v) is 3.93. The van der Waals surface area contributed by atoms with Crippen LogP contribution in [0.4, 0.5) is 0 Å². The number of rotatable bonds is 2. The lowest BCUT2D eigenvalue weighted by Crippen LogP contribution is -2.39. The van der Waals surface area contributed by atoms with E-state index in [1.54, 1.807) is 0 Å². The van der Waals surface area contributed by atoms with Crippen LogP contribution in [-0.2, 0) is 0 Å². The fraction of sp³-hybridized carbons (Fsp3) is 0.600. The molecule has 1 aromatic rings. The predicted octanol–water partition coefficient (Wildman–Crippen LogP) is 2.79. The summed E-state index contributed by atoms with van der Waals surface area (Å²) < 4.78 is 0. The molecule has 1 fully saturated rings. The lowest BCUT2D eigenvalue weighted by molar-refractivity contribution is 0.113. The van der Waals surface area contributed by atoms with E-state index in [4.69, 9.17) is 0 Å². The Morgan fingerprint density at radius 2 is 1.82 bits per heavy atom. The van der Waals surface area contributed by atoms with E-state index < -0.39 is 0 Å². The molecule has 2 atom stereocenters. The van der Waals surface area contributed by atoms with Crippen LogP contribution in [0.15, 0.2) is 12.1 Å². The molecule has 2 unspecified atom stereocenters. The zero-order chi connectivity index (χ0) is 12.4. The van der Waals surface area contributed by atoms with Gasteiger partial charge >= 0.3 is 0 Å². The van der Waals surface area contributed by atoms with Crippen LogP contribution in [0.5, 0.6) is 0 Å². The summed E-state index contributed by atoms with van der Waals surface area (Å²) in [6.45, 7) is 7.36. The molecule has 0 bridgehead atoms.